The second-order valence-corrected chi connectivity index (χ2v) is 4.16. The molecule has 0 aromatic carbocycles. The molecular weight excluding hydrogens is 196 g/mol. The van der Waals surface area contributed by atoms with Crippen LogP contribution in [0.25, 0.3) is 0 Å². The number of hydrogen-bond donors (Lipinski definition) is 2. The fraction of sp³-hybridized carbons (Fsp3) is 0.727. The predicted molar refractivity (Wildman–Crippen MR) is 55.1 cm³/mol. The molecule has 86 valence electrons. The molecule has 4 nitrogen and oxygen atoms in total. The monoisotopic (exact) mass is 214 g/mol. The van der Waals surface area contributed by atoms with Gasteiger partial charge >= 0.3 is 5.97 Å². The van der Waals surface area contributed by atoms with Crippen molar-refractivity contribution in [3.63, 3.8) is 0 Å². The van der Waals surface area contributed by atoms with Crippen molar-refractivity contribution in [1.82, 2.24) is 0 Å². The van der Waals surface area contributed by atoms with Crippen LogP contribution in [0.4, 0.5) is 0 Å². The summed E-state index contributed by atoms with van der Waals surface area (Å²) in [6.07, 6.45) is 3.83. The highest BCUT2D eigenvalue weighted by Crippen LogP contribution is 2.36. The van der Waals surface area contributed by atoms with Gasteiger partial charge < -0.3 is 14.9 Å². The van der Waals surface area contributed by atoms with Gasteiger partial charge in [0.15, 0.2) is 0 Å². The van der Waals surface area contributed by atoms with Gasteiger partial charge in [-0.25, -0.2) is 4.79 Å². The number of ether oxygens (including phenoxy) is 1. The van der Waals surface area contributed by atoms with Gasteiger partial charge in [-0.05, 0) is 25.7 Å². The highest BCUT2D eigenvalue weighted by molar-refractivity contribution is 5.81. The lowest BCUT2D eigenvalue weighted by molar-refractivity contribution is -0.146. The summed E-state index contributed by atoms with van der Waals surface area (Å²) in [5.74, 6) is -0.402. The Hall–Kier alpha value is -0.870. The summed E-state index contributed by atoms with van der Waals surface area (Å²) < 4.78 is 5.10. The van der Waals surface area contributed by atoms with Crippen LogP contribution in [0.2, 0.25) is 0 Å². The molecule has 15 heavy (non-hydrogen) atoms. The molecule has 0 amide bonds. The van der Waals surface area contributed by atoms with Crippen molar-refractivity contribution in [2.45, 2.75) is 31.8 Å². The van der Waals surface area contributed by atoms with E-state index in [0.29, 0.717) is 25.7 Å². The summed E-state index contributed by atoms with van der Waals surface area (Å²) in [5.41, 5.74) is -0.378. The molecule has 0 saturated heterocycles. The van der Waals surface area contributed by atoms with Crippen LogP contribution in [0.1, 0.15) is 25.7 Å². The van der Waals surface area contributed by atoms with Crippen LogP contribution >= 0.6 is 0 Å². The Balaban J connectivity index is 2.41. The minimum Gasteiger partial charge on any atom is -0.459 e. The zero-order valence-electron chi connectivity index (χ0n) is 8.82. The quantitative estimate of drug-likeness (QED) is 0.532. The van der Waals surface area contributed by atoms with Crippen LogP contribution in [-0.2, 0) is 9.53 Å². The van der Waals surface area contributed by atoms with E-state index in [9.17, 15) is 15.0 Å². The minimum atomic E-state index is -0.402. The Morgan fingerprint density at radius 1 is 1.40 bits per heavy atom. The van der Waals surface area contributed by atoms with Crippen LogP contribution in [0.15, 0.2) is 12.7 Å². The lowest BCUT2D eigenvalue weighted by Gasteiger charge is -2.36. The van der Waals surface area contributed by atoms with E-state index < -0.39 is 5.97 Å². The van der Waals surface area contributed by atoms with E-state index in [-0.39, 0.29) is 24.7 Å². The average molecular weight is 214 g/mol. The van der Waals surface area contributed by atoms with Crippen molar-refractivity contribution < 1.29 is 19.7 Å². The number of carbonyl (C=O) groups excluding carboxylic acids is 1. The van der Waals surface area contributed by atoms with Gasteiger partial charge in [0, 0.05) is 11.5 Å². The predicted octanol–water partition coefficient (Wildman–Crippen LogP) is 0.629. The van der Waals surface area contributed by atoms with E-state index in [0.717, 1.165) is 6.08 Å². The molecule has 0 unspecified atom stereocenters. The first-order chi connectivity index (χ1) is 7.15. The van der Waals surface area contributed by atoms with Gasteiger partial charge in [0.05, 0.1) is 13.2 Å². The van der Waals surface area contributed by atoms with Crippen LogP contribution in [0.5, 0.6) is 0 Å². The van der Waals surface area contributed by atoms with Crippen LogP contribution < -0.4 is 0 Å². The Kier molecular flexibility index (Phi) is 4.29. The summed E-state index contributed by atoms with van der Waals surface area (Å²) in [7, 11) is 0. The zero-order valence-corrected chi connectivity index (χ0v) is 8.82. The molecule has 0 atom stereocenters. The summed E-state index contributed by atoms with van der Waals surface area (Å²) in [5, 5.41) is 18.3. The molecule has 2 N–H and O–H groups in total. The van der Waals surface area contributed by atoms with Gasteiger partial charge in [-0.1, -0.05) is 6.58 Å². The summed E-state index contributed by atoms with van der Waals surface area (Å²) in [6, 6.07) is 0. The fourth-order valence-electron chi connectivity index (χ4n) is 1.90. The molecule has 0 radical (unpaired) electrons. The van der Waals surface area contributed by atoms with Crippen LogP contribution in [-0.4, -0.2) is 35.5 Å². The van der Waals surface area contributed by atoms with Gasteiger partial charge in [-0.3, -0.25) is 0 Å². The number of aliphatic hydroxyl groups excluding tert-OH is 2. The first kappa shape index (κ1) is 12.2. The Labute approximate surface area is 89.6 Å². The Morgan fingerprint density at radius 3 is 2.33 bits per heavy atom. The molecule has 4 heteroatoms. The van der Waals surface area contributed by atoms with Crippen molar-refractivity contribution >= 4 is 5.97 Å². The third-order valence-corrected chi connectivity index (χ3v) is 3.11. The largest absolute Gasteiger partial charge is 0.459 e. The number of aliphatic hydroxyl groups is 2. The SMILES string of the molecule is C=CC(=O)OC1CCC(CO)(CO)CC1. The second kappa shape index (κ2) is 5.28. The lowest BCUT2D eigenvalue weighted by Crippen LogP contribution is -2.37. The van der Waals surface area contributed by atoms with E-state index in [1.54, 1.807) is 0 Å². The lowest BCUT2D eigenvalue weighted by atomic mass is 9.74. The van der Waals surface area contributed by atoms with Crippen molar-refractivity contribution in [1.29, 1.82) is 0 Å². The number of hydrogen-bond acceptors (Lipinski definition) is 4. The molecule has 0 aromatic rings. The Bertz CT molecular complexity index is 223. The number of carbonyl (C=O) groups is 1. The van der Waals surface area contributed by atoms with Crippen LogP contribution in [0.3, 0.4) is 0 Å². The summed E-state index contributed by atoms with van der Waals surface area (Å²) in [6.45, 7) is 3.32. The molecule has 0 heterocycles. The smallest absolute Gasteiger partial charge is 0.330 e. The van der Waals surface area contributed by atoms with E-state index in [1.165, 1.54) is 0 Å². The maximum atomic E-state index is 10.9. The van der Waals surface area contributed by atoms with E-state index in [2.05, 4.69) is 6.58 Å². The highest BCUT2D eigenvalue weighted by atomic mass is 16.5. The third-order valence-electron chi connectivity index (χ3n) is 3.11. The fourth-order valence-corrected chi connectivity index (χ4v) is 1.90. The molecule has 1 saturated carbocycles. The topological polar surface area (TPSA) is 66.8 Å². The van der Waals surface area contributed by atoms with Crippen molar-refractivity contribution in [3.8, 4) is 0 Å². The molecule has 0 aliphatic heterocycles. The van der Waals surface area contributed by atoms with Crippen molar-refractivity contribution in [3.05, 3.63) is 12.7 Å². The molecule has 0 aromatic heterocycles. The van der Waals surface area contributed by atoms with Gasteiger partial charge in [-0.2, -0.15) is 0 Å². The van der Waals surface area contributed by atoms with E-state index >= 15 is 0 Å². The van der Waals surface area contributed by atoms with Gasteiger partial charge in [0.1, 0.15) is 6.10 Å². The van der Waals surface area contributed by atoms with Gasteiger partial charge in [0.25, 0.3) is 0 Å². The summed E-state index contributed by atoms with van der Waals surface area (Å²) in [4.78, 5) is 10.9. The molecule has 1 rings (SSSR count). The molecule has 1 fully saturated rings. The number of esters is 1. The molecule has 1 aliphatic carbocycles. The number of rotatable bonds is 4. The minimum absolute atomic E-state index is 0.00831. The molecular formula is C11H18O4. The van der Waals surface area contributed by atoms with Crippen molar-refractivity contribution in [2.75, 3.05) is 13.2 Å². The zero-order chi connectivity index (χ0) is 11.3. The Morgan fingerprint density at radius 2 is 1.93 bits per heavy atom. The molecule has 0 bridgehead atoms. The van der Waals surface area contributed by atoms with Gasteiger partial charge in [-0.15, -0.1) is 0 Å². The molecule has 0 spiro atoms. The van der Waals surface area contributed by atoms with E-state index in [4.69, 9.17) is 4.74 Å². The standard InChI is InChI=1S/C11H18O4/c1-2-10(14)15-9-3-5-11(7-12,8-13)6-4-9/h2,9,12-13H,1,3-8H2. The first-order valence-electron chi connectivity index (χ1n) is 5.20. The first-order valence-corrected chi connectivity index (χ1v) is 5.20. The van der Waals surface area contributed by atoms with Crippen LogP contribution in [0, 0.1) is 5.41 Å². The average Bonchev–Trinajstić information content (AvgIpc) is 2.30. The normalized spacial score (nSPS) is 20.9. The second-order valence-electron chi connectivity index (χ2n) is 4.16. The maximum absolute atomic E-state index is 10.9. The van der Waals surface area contributed by atoms with E-state index in [1.807, 2.05) is 0 Å². The molecule has 1 aliphatic rings. The third kappa shape index (κ3) is 3.04. The maximum Gasteiger partial charge on any atom is 0.330 e. The van der Waals surface area contributed by atoms with Crippen molar-refractivity contribution in [2.24, 2.45) is 5.41 Å². The highest BCUT2D eigenvalue weighted by Gasteiger charge is 2.35. The summed E-state index contributed by atoms with van der Waals surface area (Å²) >= 11 is 0. The van der Waals surface area contributed by atoms with Gasteiger partial charge in [0.2, 0.25) is 0 Å².